The predicted molar refractivity (Wildman–Crippen MR) is 156 cm³/mol. The van der Waals surface area contributed by atoms with Crippen LogP contribution in [0, 0.1) is 11.7 Å². The van der Waals surface area contributed by atoms with Crippen LogP contribution in [0.15, 0.2) is 64.7 Å². The topological polar surface area (TPSA) is 126 Å². The standard InChI is InChI=1S/C26H26ClFN6O4S.CH4/c1-15(25(35)29-2)13-34-14-31-21-7-5-16(9-19(21)26(34)36)17-10-22(24(30-12-17)33(3)4)32-39(37,38)23-8-6-18(28)11-20(23)27;/h5-12,14-15,32H,13H2,1-4H3,(H,29,35);1H4/t15-;/m0./s1. The Hall–Kier alpha value is -4.03. The first-order valence-corrected chi connectivity index (χ1v) is 13.6. The highest BCUT2D eigenvalue weighted by atomic mass is 35.5. The molecule has 0 radical (unpaired) electrons. The van der Waals surface area contributed by atoms with Crippen molar-refractivity contribution >= 4 is 49.9 Å². The lowest BCUT2D eigenvalue weighted by Gasteiger charge is -2.19. The molecule has 40 heavy (non-hydrogen) atoms. The third-order valence-corrected chi connectivity index (χ3v) is 7.89. The fraction of sp³-hybridized carbons (Fsp3) is 0.259. The first-order chi connectivity index (χ1) is 18.4. The number of nitrogens with one attached hydrogen (secondary N) is 2. The molecule has 1 atom stereocenters. The lowest BCUT2D eigenvalue weighted by atomic mass is 10.0. The molecule has 0 saturated heterocycles. The Morgan fingerprint density at radius 1 is 1.12 bits per heavy atom. The number of amides is 1. The molecule has 4 rings (SSSR count). The van der Waals surface area contributed by atoms with Crippen LogP contribution >= 0.6 is 11.6 Å². The number of hydrogen-bond acceptors (Lipinski definition) is 7. The molecule has 2 aromatic heterocycles. The number of sulfonamides is 1. The Bertz CT molecular complexity index is 1740. The molecule has 0 unspecified atom stereocenters. The van der Waals surface area contributed by atoms with Crippen LogP contribution in [0.25, 0.3) is 22.0 Å². The van der Waals surface area contributed by atoms with Gasteiger partial charge in [-0.2, -0.15) is 0 Å². The van der Waals surface area contributed by atoms with Crippen LogP contribution < -0.4 is 20.5 Å². The van der Waals surface area contributed by atoms with Gasteiger partial charge in [-0.1, -0.05) is 32.0 Å². The third-order valence-electron chi connectivity index (χ3n) is 6.04. The van der Waals surface area contributed by atoms with Crippen LogP contribution in [0.5, 0.6) is 0 Å². The molecule has 2 N–H and O–H groups in total. The van der Waals surface area contributed by atoms with Gasteiger partial charge in [0.2, 0.25) is 5.91 Å². The summed E-state index contributed by atoms with van der Waals surface area (Å²) in [7, 11) is 0.744. The molecular formula is C27H30ClFN6O4S. The smallest absolute Gasteiger partial charge is 0.263 e. The van der Waals surface area contributed by atoms with Crippen molar-refractivity contribution in [1.29, 1.82) is 0 Å². The van der Waals surface area contributed by atoms with Gasteiger partial charge in [-0.05, 0) is 42.0 Å². The number of nitrogens with zero attached hydrogens (tertiary/aromatic N) is 4. The first-order valence-electron chi connectivity index (χ1n) is 11.8. The van der Waals surface area contributed by atoms with Crippen molar-refractivity contribution in [2.24, 2.45) is 5.92 Å². The number of halogens is 2. The van der Waals surface area contributed by atoms with Crippen LogP contribution in [0.3, 0.4) is 0 Å². The summed E-state index contributed by atoms with van der Waals surface area (Å²) in [4.78, 5) is 35.2. The van der Waals surface area contributed by atoms with E-state index in [1.54, 1.807) is 56.4 Å². The van der Waals surface area contributed by atoms with E-state index in [-0.39, 0.29) is 41.0 Å². The highest BCUT2D eigenvalue weighted by Gasteiger charge is 2.22. The Balaban J connectivity index is 0.00000441. The fourth-order valence-electron chi connectivity index (χ4n) is 4.03. The van der Waals surface area contributed by atoms with Gasteiger partial charge >= 0.3 is 0 Å². The molecule has 0 aliphatic heterocycles. The molecule has 0 spiro atoms. The van der Waals surface area contributed by atoms with E-state index in [0.29, 0.717) is 27.8 Å². The molecule has 13 heteroatoms. The number of benzene rings is 2. The van der Waals surface area contributed by atoms with Gasteiger partial charge in [-0.3, -0.25) is 18.9 Å². The number of carbonyl (C=O) groups excluding carboxylic acids is 1. The Morgan fingerprint density at radius 3 is 2.50 bits per heavy atom. The lowest BCUT2D eigenvalue weighted by molar-refractivity contribution is -0.124. The van der Waals surface area contributed by atoms with E-state index in [9.17, 15) is 22.4 Å². The SMILES string of the molecule is C.CNC(=O)[C@@H](C)Cn1cnc2ccc(-c3cnc(N(C)C)c(NS(=O)(=O)c4ccc(F)cc4Cl)c3)cc2c1=O. The van der Waals surface area contributed by atoms with Crippen molar-refractivity contribution in [1.82, 2.24) is 19.9 Å². The van der Waals surface area contributed by atoms with Crippen LogP contribution in [0.2, 0.25) is 5.02 Å². The van der Waals surface area contributed by atoms with Crippen LogP contribution in [-0.4, -0.2) is 50.0 Å². The summed E-state index contributed by atoms with van der Waals surface area (Å²) < 4.78 is 43.6. The maximum Gasteiger partial charge on any atom is 0.263 e. The number of fused-ring (bicyclic) bond motifs is 1. The maximum atomic E-state index is 13.5. The van der Waals surface area contributed by atoms with Gasteiger partial charge in [0, 0.05) is 39.4 Å². The zero-order valence-corrected chi connectivity index (χ0v) is 23.1. The molecular weight excluding hydrogens is 559 g/mol. The Kier molecular flexibility index (Phi) is 9.16. The van der Waals surface area contributed by atoms with Crippen LogP contribution in [0.4, 0.5) is 15.9 Å². The predicted octanol–water partition coefficient (Wildman–Crippen LogP) is 4.14. The second-order valence-corrected chi connectivity index (χ2v) is 11.2. The minimum atomic E-state index is -4.19. The van der Waals surface area contributed by atoms with Gasteiger partial charge in [0.1, 0.15) is 10.7 Å². The fourth-order valence-corrected chi connectivity index (χ4v) is 5.62. The van der Waals surface area contributed by atoms with Crippen LogP contribution in [0.1, 0.15) is 14.4 Å². The zero-order valence-electron chi connectivity index (χ0n) is 21.6. The normalized spacial score (nSPS) is 11.9. The van der Waals surface area contributed by atoms with Crippen molar-refractivity contribution in [2.45, 2.75) is 25.8 Å². The lowest BCUT2D eigenvalue weighted by Crippen LogP contribution is -2.32. The van der Waals surface area contributed by atoms with E-state index in [1.165, 1.54) is 17.9 Å². The molecule has 1 amide bonds. The van der Waals surface area contributed by atoms with Crippen molar-refractivity contribution in [3.8, 4) is 11.1 Å². The Morgan fingerprint density at radius 2 is 1.85 bits per heavy atom. The molecule has 10 nitrogen and oxygen atoms in total. The molecule has 0 saturated carbocycles. The van der Waals surface area contributed by atoms with Gasteiger partial charge in [0.15, 0.2) is 5.82 Å². The zero-order chi connectivity index (χ0) is 28.5. The second kappa shape index (κ2) is 12.0. The summed E-state index contributed by atoms with van der Waals surface area (Å²) in [5.41, 5.74) is 1.43. The minimum absolute atomic E-state index is 0. The van der Waals surface area contributed by atoms with Crippen molar-refractivity contribution < 1.29 is 17.6 Å². The molecule has 2 aromatic carbocycles. The van der Waals surface area contributed by atoms with Crippen molar-refractivity contribution in [3.05, 3.63) is 76.2 Å². The number of pyridine rings is 1. The molecule has 4 aromatic rings. The van der Waals surface area contributed by atoms with Crippen molar-refractivity contribution in [3.63, 3.8) is 0 Å². The summed E-state index contributed by atoms with van der Waals surface area (Å²) >= 11 is 6.00. The number of anilines is 2. The number of rotatable bonds is 8. The average Bonchev–Trinajstić information content (AvgIpc) is 2.88. The quantitative estimate of drug-likeness (QED) is 0.317. The minimum Gasteiger partial charge on any atom is -0.361 e. The van der Waals surface area contributed by atoms with E-state index < -0.39 is 21.8 Å². The van der Waals surface area contributed by atoms with Crippen LogP contribution in [-0.2, 0) is 21.4 Å². The number of aromatic nitrogens is 3. The monoisotopic (exact) mass is 588 g/mol. The van der Waals surface area contributed by atoms with Gasteiger partial charge in [0.05, 0.1) is 33.9 Å². The molecule has 0 aliphatic rings. The second-order valence-electron chi connectivity index (χ2n) is 9.12. The van der Waals surface area contributed by atoms with Crippen molar-refractivity contribution in [2.75, 3.05) is 30.8 Å². The van der Waals surface area contributed by atoms with Gasteiger partial charge < -0.3 is 10.2 Å². The first kappa shape index (κ1) is 30.5. The number of carbonyl (C=O) groups is 1. The summed E-state index contributed by atoms with van der Waals surface area (Å²) in [6.45, 7) is 1.87. The molecule has 0 aliphatic carbocycles. The molecule has 0 fully saturated rings. The highest BCUT2D eigenvalue weighted by Crippen LogP contribution is 2.32. The summed E-state index contributed by atoms with van der Waals surface area (Å²) in [6, 6.07) is 9.66. The summed E-state index contributed by atoms with van der Waals surface area (Å²) in [6.07, 6.45) is 2.96. The third kappa shape index (κ3) is 6.23. The van der Waals surface area contributed by atoms with E-state index in [2.05, 4.69) is 20.0 Å². The number of hydrogen-bond donors (Lipinski definition) is 2. The molecule has 212 valence electrons. The summed E-state index contributed by atoms with van der Waals surface area (Å²) in [5, 5.41) is 2.63. The molecule has 2 heterocycles. The van der Waals surface area contributed by atoms with Gasteiger partial charge in [-0.25, -0.2) is 22.8 Å². The van der Waals surface area contributed by atoms with Gasteiger partial charge in [0.25, 0.3) is 15.6 Å². The van der Waals surface area contributed by atoms with Gasteiger partial charge in [-0.15, -0.1) is 0 Å². The highest BCUT2D eigenvalue weighted by molar-refractivity contribution is 7.92. The van der Waals surface area contributed by atoms with E-state index in [4.69, 9.17) is 11.6 Å². The van der Waals surface area contributed by atoms with E-state index in [0.717, 1.165) is 18.2 Å². The van der Waals surface area contributed by atoms with E-state index in [1.807, 2.05) is 0 Å². The average molecular weight is 589 g/mol. The molecule has 0 bridgehead atoms. The summed E-state index contributed by atoms with van der Waals surface area (Å²) in [5.74, 6) is -0.971. The Labute approximate surface area is 236 Å². The maximum absolute atomic E-state index is 13.5. The van der Waals surface area contributed by atoms with E-state index >= 15 is 0 Å². The largest absolute Gasteiger partial charge is 0.361 e.